The molecule has 2 aromatic carbocycles. The van der Waals surface area contributed by atoms with Gasteiger partial charge in [0.2, 0.25) is 0 Å². The number of esters is 1. The van der Waals surface area contributed by atoms with E-state index in [1.165, 1.54) is 17.6 Å². The molecular weight excluding hydrogens is 388 g/mol. The average molecular weight is 408 g/mol. The summed E-state index contributed by atoms with van der Waals surface area (Å²) in [6, 6.07) is 15.7. The van der Waals surface area contributed by atoms with Crippen LogP contribution in [0.5, 0.6) is 11.5 Å². The summed E-state index contributed by atoms with van der Waals surface area (Å²) in [5, 5.41) is 5.79. The molecule has 3 rings (SSSR count). The van der Waals surface area contributed by atoms with Crippen molar-refractivity contribution in [1.82, 2.24) is 5.43 Å². The van der Waals surface area contributed by atoms with Crippen molar-refractivity contribution >= 4 is 29.4 Å². The lowest BCUT2D eigenvalue weighted by atomic mass is 10.1. The molecule has 29 heavy (non-hydrogen) atoms. The Balaban J connectivity index is 1.70. The number of hydrogen-bond acceptors (Lipinski definition) is 6. The number of rotatable bonds is 7. The first-order valence-corrected chi connectivity index (χ1v) is 9.87. The van der Waals surface area contributed by atoms with E-state index < -0.39 is 5.97 Å². The maximum Gasteiger partial charge on any atom is 0.343 e. The highest BCUT2D eigenvalue weighted by Gasteiger charge is 2.13. The molecule has 1 amide bonds. The largest absolute Gasteiger partial charge is 0.490 e. The highest BCUT2D eigenvalue weighted by molar-refractivity contribution is 7.12. The van der Waals surface area contributed by atoms with Crippen LogP contribution in [0.3, 0.4) is 0 Å². The summed E-state index contributed by atoms with van der Waals surface area (Å²) in [5.74, 6) is -0.000739. The Hall–Kier alpha value is -3.45. The van der Waals surface area contributed by atoms with Crippen LogP contribution in [0.4, 0.5) is 0 Å². The molecule has 0 saturated heterocycles. The van der Waals surface area contributed by atoms with Crippen LogP contribution >= 0.6 is 11.3 Å². The highest BCUT2D eigenvalue weighted by Crippen LogP contribution is 2.29. The van der Waals surface area contributed by atoms with E-state index in [-0.39, 0.29) is 5.91 Å². The zero-order chi connectivity index (χ0) is 20.6. The third-order valence-corrected chi connectivity index (χ3v) is 4.75. The van der Waals surface area contributed by atoms with Gasteiger partial charge in [-0.25, -0.2) is 10.2 Å². The molecule has 0 bridgehead atoms. The summed E-state index contributed by atoms with van der Waals surface area (Å²) in [6.45, 7) is 4.20. The van der Waals surface area contributed by atoms with Gasteiger partial charge in [0.15, 0.2) is 11.5 Å². The van der Waals surface area contributed by atoms with E-state index in [1.807, 2.05) is 31.4 Å². The van der Waals surface area contributed by atoms with Crippen LogP contribution in [-0.4, -0.2) is 24.7 Å². The predicted octanol–water partition coefficient (Wildman–Crippen LogP) is 4.44. The molecule has 0 aliphatic heterocycles. The lowest BCUT2D eigenvalue weighted by Crippen LogP contribution is -2.16. The first kappa shape index (κ1) is 20.3. The lowest BCUT2D eigenvalue weighted by molar-refractivity contribution is 0.0728. The number of benzene rings is 2. The Bertz CT molecular complexity index is 1010. The second kappa shape index (κ2) is 9.66. The standard InChI is InChI=1S/C22H20N2O4S/c1-3-27-19-13-16(14-23-24-21(25)20-5-4-12-29-20)8-11-18(19)28-22(26)17-9-6-15(2)7-10-17/h4-14H,3H2,1-2H3,(H,24,25). The molecule has 0 saturated carbocycles. The molecule has 0 unspecified atom stereocenters. The van der Waals surface area contributed by atoms with Gasteiger partial charge in [0.05, 0.1) is 23.3 Å². The van der Waals surface area contributed by atoms with E-state index in [4.69, 9.17) is 9.47 Å². The average Bonchev–Trinajstić information content (AvgIpc) is 3.25. The van der Waals surface area contributed by atoms with Crippen LogP contribution in [0, 0.1) is 6.92 Å². The number of hydrogen-bond donors (Lipinski definition) is 1. The zero-order valence-corrected chi connectivity index (χ0v) is 16.9. The molecule has 0 radical (unpaired) electrons. The molecule has 6 nitrogen and oxygen atoms in total. The Morgan fingerprint density at radius 2 is 1.90 bits per heavy atom. The number of aryl methyl sites for hydroxylation is 1. The minimum Gasteiger partial charge on any atom is -0.490 e. The molecule has 3 aromatic rings. The second-order valence-electron chi connectivity index (χ2n) is 6.07. The van der Waals surface area contributed by atoms with Gasteiger partial charge in [0.1, 0.15) is 0 Å². The number of thiophene rings is 1. The van der Waals surface area contributed by atoms with E-state index in [0.29, 0.717) is 34.1 Å². The second-order valence-corrected chi connectivity index (χ2v) is 7.02. The zero-order valence-electron chi connectivity index (χ0n) is 16.0. The third kappa shape index (κ3) is 5.52. The number of hydrazone groups is 1. The molecule has 1 aromatic heterocycles. The fourth-order valence-corrected chi connectivity index (χ4v) is 3.05. The Morgan fingerprint density at radius 1 is 1.10 bits per heavy atom. The van der Waals surface area contributed by atoms with Crippen molar-refractivity contribution in [2.45, 2.75) is 13.8 Å². The summed E-state index contributed by atoms with van der Waals surface area (Å²) < 4.78 is 11.1. The van der Waals surface area contributed by atoms with Crippen LogP contribution < -0.4 is 14.9 Å². The fourth-order valence-electron chi connectivity index (χ4n) is 2.43. The van der Waals surface area contributed by atoms with E-state index in [0.717, 1.165) is 5.56 Å². The summed E-state index contributed by atoms with van der Waals surface area (Å²) >= 11 is 1.34. The van der Waals surface area contributed by atoms with Gasteiger partial charge >= 0.3 is 5.97 Å². The number of nitrogens with zero attached hydrogens (tertiary/aromatic N) is 1. The first-order valence-electron chi connectivity index (χ1n) is 8.99. The molecule has 0 aliphatic carbocycles. The van der Waals surface area contributed by atoms with Crippen molar-refractivity contribution in [2.24, 2.45) is 5.10 Å². The number of carbonyl (C=O) groups excluding carboxylic acids is 2. The van der Waals surface area contributed by atoms with E-state index in [9.17, 15) is 9.59 Å². The molecular formula is C22H20N2O4S. The van der Waals surface area contributed by atoms with Gasteiger partial charge < -0.3 is 9.47 Å². The monoisotopic (exact) mass is 408 g/mol. The highest BCUT2D eigenvalue weighted by atomic mass is 32.1. The van der Waals surface area contributed by atoms with Crippen molar-refractivity contribution in [3.63, 3.8) is 0 Å². The van der Waals surface area contributed by atoms with Crippen molar-refractivity contribution in [2.75, 3.05) is 6.61 Å². The Morgan fingerprint density at radius 3 is 2.59 bits per heavy atom. The van der Waals surface area contributed by atoms with Crippen molar-refractivity contribution in [3.8, 4) is 11.5 Å². The van der Waals surface area contributed by atoms with E-state index in [2.05, 4.69) is 10.5 Å². The normalized spacial score (nSPS) is 10.7. The van der Waals surface area contributed by atoms with Crippen LogP contribution in [0.25, 0.3) is 0 Å². The predicted molar refractivity (Wildman–Crippen MR) is 113 cm³/mol. The maximum atomic E-state index is 12.4. The van der Waals surface area contributed by atoms with Gasteiger partial charge in [-0.1, -0.05) is 23.8 Å². The number of ether oxygens (including phenoxy) is 2. The fraction of sp³-hybridized carbons (Fsp3) is 0.136. The maximum absolute atomic E-state index is 12.4. The molecule has 1 N–H and O–H groups in total. The smallest absolute Gasteiger partial charge is 0.343 e. The lowest BCUT2D eigenvalue weighted by Gasteiger charge is -2.11. The van der Waals surface area contributed by atoms with Crippen LogP contribution in [0.1, 0.15) is 38.1 Å². The van der Waals surface area contributed by atoms with Crippen LogP contribution in [0.2, 0.25) is 0 Å². The molecule has 0 spiro atoms. The van der Waals surface area contributed by atoms with Crippen molar-refractivity contribution in [3.05, 3.63) is 81.5 Å². The summed E-state index contributed by atoms with van der Waals surface area (Å²) in [7, 11) is 0. The van der Waals surface area contributed by atoms with E-state index >= 15 is 0 Å². The topological polar surface area (TPSA) is 77.0 Å². The van der Waals surface area contributed by atoms with Crippen molar-refractivity contribution in [1.29, 1.82) is 0 Å². The van der Waals surface area contributed by atoms with Crippen LogP contribution in [-0.2, 0) is 0 Å². The molecule has 7 heteroatoms. The molecule has 0 atom stereocenters. The molecule has 1 heterocycles. The third-order valence-electron chi connectivity index (χ3n) is 3.88. The summed E-state index contributed by atoms with van der Waals surface area (Å²) in [5.41, 5.74) is 4.68. The molecule has 0 fully saturated rings. The molecule has 148 valence electrons. The van der Waals surface area contributed by atoms with Gasteiger partial charge in [-0.3, -0.25) is 4.79 Å². The summed E-state index contributed by atoms with van der Waals surface area (Å²) in [6.07, 6.45) is 1.50. The SMILES string of the molecule is CCOc1cc(C=NNC(=O)c2cccs2)ccc1OC(=O)c1ccc(C)cc1. The minimum atomic E-state index is -0.462. The van der Waals surface area contributed by atoms with Gasteiger partial charge in [-0.2, -0.15) is 5.10 Å². The van der Waals surface area contributed by atoms with Gasteiger partial charge in [-0.05, 0) is 61.2 Å². The number of nitrogens with one attached hydrogen (secondary N) is 1. The summed E-state index contributed by atoms with van der Waals surface area (Å²) in [4.78, 5) is 24.9. The minimum absolute atomic E-state index is 0.273. The van der Waals surface area contributed by atoms with Crippen molar-refractivity contribution < 1.29 is 19.1 Å². The Labute approximate surface area is 172 Å². The molecule has 0 aliphatic rings. The number of amides is 1. The first-order chi connectivity index (χ1) is 14.1. The Kier molecular flexibility index (Phi) is 6.76. The quantitative estimate of drug-likeness (QED) is 0.271. The van der Waals surface area contributed by atoms with E-state index in [1.54, 1.807) is 42.5 Å². The number of carbonyl (C=O) groups is 2. The van der Waals surface area contributed by atoms with Crippen LogP contribution in [0.15, 0.2) is 65.1 Å². The van der Waals surface area contributed by atoms with Gasteiger partial charge in [0, 0.05) is 0 Å². The van der Waals surface area contributed by atoms with Gasteiger partial charge in [-0.15, -0.1) is 11.3 Å². The van der Waals surface area contributed by atoms with Gasteiger partial charge in [0.25, 0.3) is 5.91 Å².